The molecule has 0 bridgehead atoms. The second-order valence-corrected chi connectivity index (χ2v) is 5.55. The molecule has 6 heteroatoms. The van der Waals surface area contributed by atoms with E-state index in [1.54, 1.807) is 0 Å². The summed E-state index contributed by atoms with van der Waals surface area (Å²) >= 11 is 5.90. The number of aromatic nitrogens is 5. The fourth-order valence-electron chi connectivity index (χ4n) is 2.54. The van der Waals surface area contributed by atoms with Gasteiger partial charge in [0.25, 0.3) is 0 Å². The summed E-state index contributed by atoms with van der Waals surface area (Å²) in [5, 5.41) is 4.20. The van der Waals surface area contributed by atoms with Gasteiger partial charge >= 0.3 is 0 Å². The van der Waals surface area contributed by atoms with Gasteiger partial charge in [-0.25, -0.2) is 9.97 Å². The summed E-state index contributed by atoms with van der Waals surface area (Å²) in [5.41, 5.74) is 4.19. The maximum atomic E-state index is 5.90. The number of rotatable bonds is 5. The van der Waals surface area contributed by atoms with Crippen molar-refractivity contribution in [2.24, 2.45) is 7.05 Å². The number of nitrogens with zero attached hydrogens (tertiary/aromatic N) is 5. The van der Waals surface area contributed by atoms with E-state index in [-0.39, 0.29) is 0 Å². The molecule has 110 valence electrons. The van der Waals surface area contributed by atoms with E-state index in [2.05, 4.69) is 25.7 Å². The zero-order valence-electron chi connectivity index (χ0n) is 12.3. The van der Waals surface area contributed by atoms with Crippen LogP contribution in [0.25, 0.3) is 11.2 Å². The Morgan fingerprint density at radius 1 is 1.29 bits per heavy atom. The molecule has 0 saturated heterocycles. The molecule has 0 fully saturated rings. The van der Waals surface area contributed by atoms with Crippen molar-refractivity contribution in [1.82, 2.24) is 24.3 Å². The van der Waals surface area contributed by atoms with Crippen LogP contribution in [0.1, 0.15) is 17.1 Å². The predicted octanol–water partition coefficient (Wildman–Crippen LogP) is 2.50. The van der Waals surface area contributed by atoms with Gasteiger partial charge in [-0.15, -0.1) is 11.6 Å². The Morgan fingerprint density at radius 2 is 2.14 bits per heavy atom. The summed E-state index contributed by atoms with van der Waals surface area (Å²) < 4.78 is 4.07. The molecule has 0 aliphatic heterocycles. The van der Waals surface area contributed by atoms with Gasteiger partial charge in [-0.05, 0) is 24.6 Å². The Balaban J connectivity index is 1.95. The normalized spacial score (nSPS) is 11.4. The summed E-state index contributed by atoms with van der Waals surface area (Å²) in [6.07, 6.45) is 5.35. The molecule has 5 nitrogen and oxygen atoms in total. The van der Waals surface area contributed by atoms with Crippen LogP contribution < -0.4 is 0 Å². The lowest BCUT2D eigenvalue weighted by Gasteiger charge is -2.08. The number of pyridine rings is 1. The van der Waals surface area contributed by atoms with Crippen molar-refractivity contribution in [3.63, 3.8) is 0 Å². The molecule has 21 heavy (non-hydrogen) atoms. The van der Waals surface area contributed by atoms with Crippen LogP contribution in [0.2, 0.25) is 0 Å². The Labute approximate surface area is 128 Å². The highest BCUT2D eigenvalue weighted by Crippen LogP contribution is 2.17. The number of alkyl halides is 1. The SMILES string of the molecule is Cc1cnc2c(c1)nc(CCCl)n2CCc1ccnn1C. The van der Waals surface area contributed by atoms with Crippen molar-refractivity contribution in [1.29, 1.82) is 0 Å². The highest BCUT2D eigenvalue weighted by atomic mass is 35.5. The van der Waals surface area contributed by atoms with Gasteiger partial charge in [0.15, 0.2) is 5.65 Å². The Hall–Kier alpha value is -1.88. The van der Waals surface area contributed by atoms with Crippen molar-refractivity contribution in [3.05, 3.63) is 41.6 Å². The number of halogens is 1. The molecule has 0 spiro atoms. The Morgan fingerprint density at radius 3 is 2.86 bits per heavy atom. The second-order valence-electron chi connectivity index (χ2n) is 5.17. The molecule has 0 unspecified atom stereocenters. The molecule has 0 aliphatic carbocycles. The van der Waals surface area contributed by atoms with Gasteiger partial charge in [-0.3, -0.25) is 4.68 Å². The predicted molar refractivity (Wildman–Crippen MR) is 83.6 cm³/mol. The third-order valence-corrected chi connectivity index (χ3v) is 3.82. The molecule has 0 amide bonds. The topological polar surface area (TPSA) is 48.5 Å². The maximum absolute atomic E-state index is 5.90. The van der Waals surface area contributed by atoms with E-state index in [1.165, 1.54) is 5.69 Å². The molecule has 0 aliphatic rings. The van der Waals surface area contributed by atoms with E-state index < -0.39 is 0 Å². The van der Waals surface area contributed by atoms with Gasteiger partial charge in [0.05, 0.1) is 0 Å². The third kappa shape index (κ3) is 2.78. The molecule has 0 atom stereocenters. The average Bonchev–Trinajstić information content (AvgIpc) is 3.00. The van der Waals surface area contributed by atoms with Crippen molar-refractivity contribution >= 4 is 22.8 Å². The minimum absolute atomic E-state index is 0.564. The molecule has 3 aromatic rings. The third-order valence-electron chi connectivity index (χ3n) is 3.63. The lowest BCUT2D eigenvalue weighted by Crippen LogP contribution is -2.09. The number of imidazole rings is 1. The lowest BCUT2D eigenvalue weighted by atomic mass is 10.3. The monoisotopic (exact) mass is 303 g/mol. The van der Waals surface area contributed by atoms with E-state index >= 15 is 0 Å². The first-order chi connectivity index (χ1) is 10.2. The van der Waals surface area contributed by atoms with Crippen LogP contribution in [0.3, 0.4) is 0 Å². The average molecular weight is 304 g/mol. The van der Waals surface area contributed by atoms with Gasteiger partial charge in [0.2, 0.25) is 0 Å². The second kappa shape index (κ2) is 5.85. The van der Waals surface area contributed by atoms with Crippen molar-refractivity contribution in [2.45, 2.75) is 26.3 Å². The summed E-state index contributed by atoms with van der Waals surface area (Å²) in [5.74, 6) is 1.56. The zero-order valence-corrected chi connectivity index (χ0v) is 13.0. The van der Waals surface area contributed by atoms with Crippen molar-refractivity contribution < 1.29 is 0 Å². The minimum atomic E-state index is 0.564. The molecule has 0 aromatic carbocycles. The number of fused-ring (bicyclic) bond motifs is 1. The highest BCUT2D eigenvalue weighted by molar-refractivity contribution is 6.17. The van der Waals surface area contributed by atoms with Gasteiger partial charge in [0, 0.05) is 50.4 Å². The first-order valence-electron chi connectivity index (χ1n) is 7.03. The maximum Gasteiger partial charge on any atom is 0.160 e. The van der Waals surface area contributed by atoms with E-state index in [1.807, 2.05) is 37.1 Å². The van der Waals surface area contributed by atoms with Crippen LogP contribution in [-0.2, 0) is 26.4 Å². The molecular weight excluding hydrogens is 286 g/mol. The van der Waals surface area contributed by atoms with Gasteiger partial charge < -0.3 is 4.57 Å². The van der Waals surface area contributed by atoms with E-state index in [4.69, 9.17) is 11.6 Å². The molecule has 3 heterocycles. The fourth-order valence-corrected chi connectivity index (χ4v) is 2.71. The molecule has 0 N–H and O–H groups in total. The Kier molecular flexibility index (Phi) is 3.92. The highest BCUT2D eigenvalue weighted by Gasteiger charge is 2.12. The van der Waals surface area contributed by atoms with E-state index in [9.17, 15) is 0 Å². The van der Waals surface area contributed by atoms with Crippen molar-refractivity contribution in [2.75, 3.05) is 5.88 Å². The molecule has 3 rings (SSSR count). The van der Waals surface area contributed by atoms with E-state index in [0.29, 0.717) is 5.88 Å². The van der Waals surface area contributed by atoms with Gasteiger partial charge in [-0.1, -0.05) is 0 Å². The van der Waals surface area contributed by atoms with Crippen LogP contribution in [-0.4, -0.2) is 30.2 Å². The van der Waals surface area contributed by atoms with Gasteiger partial charge in [-0.2, -0.15) is 5.10 Å². The summed E-state index contributed by atoms with van der Waals surface area (Å²) in [6, 6.07) is 4.11. The minimum Gasteiger partial charge on any atom is -0.312 e. The standard InChI is InChI=1S/C15H18ClN5/c1-11-9-13-15(17-10-11)21(14(19-13)3-6-16)8-5-12-4-7-18-20(12)2/h4,7,9-10H,3,5-6,8H2,1-2H3. The molecule has 0 saturated carbocycles. The number of aryl methyl sites for hydroxylation is 5. The number of hydrogen-bond acceptors (Lipinski definition) is 3. The fraction of sp³-hybridized carbons (Fsp3) is 0.400. The van der Waals surface area contributed by atoms with Crippen LogP contribution >= 0.6 is 11.6 Å². The van der Waals surface area contributed by atoms with Crippen LogP contribution in [0, 0.1) is 6.92 Å². The number of hydrogen-bond donors (Lipinski definition) is 0. The summed E-state index contributed by atoms with van der Waals surface area (Å²) in [4.78, 5) is 9.22. The first kappa shape index (κ1) is 14.1. The van der Waals surface area contributed by atoms with Crippen LogP contribution in [0.4, 0.5) is 0 Å². The summed E-state index contributed by atoms with van der Waals surface area (Å²) in [6.45, 7) is 2.86. The lowest BCUT2D eigenvalue weighted by molar-refractivity contribution is 0.625. The Bertz CT molecular complexity index is 759. The smallest absolute Gasteiger partial charge is 0.160 e. The van der Waals surface area contributed by atoms with Crippen molar-refractivity contribution in [3.8, 4) is 0 Å². The molecule has 3 aromatic heterocycles. The largest absolute Gasteiger partial charge is 0.312 e. The van der Waals surface area contributed by atoms with E-state index in [0.717, 1.165) is 41.9 Å². The molecule has 0 radical (unpaired) electrons. The quantitative estimate of drug-likeness (QED) is 0.680. The summed E-state index contributed by atoms with van der Waals surface area (Å²) in [7, 11) is 1.96. The molecular formula is C15H18ClN5. The van der Waals surface area contributed by atoms with Crippen LogP contribution in [0.5, 0.6) is 0 Å². The first-order valence-corrected chi connectivity index (χ1v) is 7.57. The van der Waals surface area contributed by atoms with Gasteiger partial charge in [0.1, 0.15) is 11.3 Å². The zero-order chi connectivity index (χ0) is 14.8. The van der Waals surface area contributed by atoms with Crippen LogP contribution in [0.15, 0.2) is 24.5 Å².